The zero-order valence-corrected chi connectivity index (χ0v) is 20.7. The highest BCUT2D eigenvalue weighted by atomic mass is 35.5. The van der Waals surface area contributed by atoms with Crippen molar-refractivity contribution in [3.05, 3.63) is 138 Å². The van der Waals surface area contributed by atoms with E-state index in [-0.39, 0.29) is 0 Å². The van der Waals surface area contributed by atoms with E-state index >= 15 is 0 Å². The molecule has 0 spiro atoms. The molecule has 0 aliphatic heterocycles. The number of furan rings is 1. The topological polar surface area (TPSA) is 16.4 Å². The molecule has 2 nitrogen and oxygen atoms in total. The van der Waals surface area contributed by atoms with Gasteiger partial charge in [0.05, 0.1) is 5.69 Å². The lowest BCUT2D eigenvalue weighted by atomic mass is 10.0. The third-order valence-electron chi connectivity index (χ3n) is 6.92. The van der Waals surface area contributed by atoms with Crippen LogP contribution < -0.4 is 4.90 Å². The normalized spacial score (nSPS) is 11.4. The number of anilines is 3. The number of hydrogen-bond acceptors (Lipinski definition) is 2. The molecule has 1 heterocycles. The Labute approximate surface area is 220 Å². The highest BCUT2D eigenvalue weighted by Gasteiger charge is 2.17. The first-order chi connectivity index (χ1) is 18.2. The van der Waals surface area contributed by atoms with Gasteiger partial charge >= 0.3 is 0 Å². The monoisotopic (exact) mass is 495 g/mol. The Morgan fingerprint density at radius 1 is 0.486 bits per heavy atom. The predicted octanol–water partition coefficient (Wildman–Crippen LogP) is 10.5. The first kappa shape index (κ1) is 21.7. The number of nitrogens with zero attached hydrogens (tertiary/aromatic N) is 1. The summed E-state index contributed by atoms with van der Waals surface area (Å²) in [5.41, 5.74) is 7.31. The number of hydrogen-bond donors (Lipinski definition) is 0. The smallest absolute Gasteiger partial charge is 0.136 e. The van der Waals surface area contributed by atoms with E-state index in [1.54, 1.807) is 0 Å². The molecule has 0 aliphatic carbocycles. The van der Waals surface area contributed by atoms with Crippen molar-refractivity contribution in [1.82, 2.24) is 0 Å². The third-order valence-corrected chi connectivity index (χ3v) is 7.15. The highest BCUT2D eigenvalue weighted by molar-refractivity contribution is 6.31. The molecule has 0 fully saturated rings. The zero-order valence-electron chi connectivity index (χ0n) is 19.9. The standard InChI is InChI=1S/C34H22ClNO/c35-26-15-19-30-31-22-28(18-20-33(31)37-34(30)21-26)36(32-12-6-10-25-9-4-5-11-29(25)32)27-16-13-24(14-17-27)23-7-2-1-3-8-23/h1-22H. The molecule has 0 amide bonds. The van der Waals surface area contributed by atoms with Gasteiger partial charge in [0.25, 0.3) is 0 Å². The van der Waals surface area contributed by atoms with Crippen LogP contribution in [0.5, 0.6) is 0 Å². The fraction of sp³-hybridized carbons (Fsp3) is 0. The fourth-order valence-corrected chi connectivity index (χ4v) is 5.30. The fourth-order valence-electron chi connectivity index (χ4n) is 5.14. The number of benzene rings is 6. The maximum absolute atomic E-state index is 6.23. The second kappa shape index (κ2) is 8.85. The molecular formula is C34H22ClNO. The molecule has 176 valence electrons. The van der Waals surface area contributed by atoms with Crippen LogP contribution in [0.3, 0.4) is 0 Å². The Bertz CT molecular complexity index is 1880. The van der Waals surface area contributed by atoms with Crippen LogP contribution in [-0.2, 0) is 0 Å². The zero-order chi connectivity index (χ0) is 24.8. The van der Waals surface area contributed by atoms with Crippen LogP contribution in [0.1, 0.15) is 0 Å². The van der Waals surface area contributed by atoms with Crippen LogP contribution in [0.15, 0.2) is 138 Å². The van der Waals surface area contributed by atoms with Gasteiger partial charge in [0, 0.05) is 38.6 Å². The van der Waals surface area contributed by atoms with Crippen molar-refractivity contribution in [2.75, 3.05) is 4.90 Å². The van der Waals surface area contributed by atoms with Crippen LogP contribution in [0.4, 0.5) is 17.1 Å². The second-order valence-electron chi connectivity index (χ2n) is 9.17. The van der Waals surface area contributed by atoms with Crippen molar-refractivity contribution >= 4 is 61.4 Å². The van der Waals surface area contributed by atoms with Crippen molar-refractivity contribution < 1.29 is 4.42 Å². The van der Waals surface area contributed by atoms with E-state index in [9.17, 15) is 0 Å². The first-order valence-corrected chi connectivity index (χ1v) is 12.7. The van der Waals surface area contributed by atoms with E-state index in [2.05, 4.69) is 114 Å². The molecule has 0 bridgehead atoms. The average Bonchev–Trinajstić information content (AvgIpc) is 3.31. The SMILES string of the molecule is Clc1ccc2c(c1)oc1ccc(N(c3ccc(-c4ccccc4)cc3)c3cccc4ccccc34)cc12. The first-order valence-electron chi connectivity index (χ1n) is 12.3. The summed E-state index contributed by atoms with van der Waals surface area (Å²) < 4.78 is 6.11. The van der Waals surface area contributed by atoms with Crippen molar-refractivity contribution in [2.24, 2.45) is 0 Å². The number of fused-ring (bicyclic) bond motifs is 4. The Kier molecular flexibility index (Phi) is 5.20. The van der Waals surface area contributed by atoms with E-state index in [4.69, 9.17) is 16.0 Å². The molecule has 7 rings (SSSR count). The number of halogens is 1. The van der Waals surface area contributed by atoms with Crippen molar-refractivity contribution in [1.29, 1.82) is 0 Å². The molecule has 0 radical (unpaired) electrons. The van der Waals surface area contributed by atoms with Gasteiger partial charge in [-0.25, -0.2) is 0 Å². The van der Waals surface area contributed by atoms with Crippen LogP contribution in [0, 0.1) is 0 Å². The molecule has 37 heavy (non-hydrogen) atoms. The van der Waals surface area contributed by atoms with Gasteiger partial charge in [0.2, 0.25) is 0 Å². The van der Waals surface area contributed by atoms with Gasteiger partial charge in [-0.15, -0.1) is 0 Å². The van der Waals surface area contributed by atoms with Gasteiger partial charge in [-0.3, -0.25) is 0 Å². The van der Waals surface area contributed by atoms with Crippen LogP contribution in [0.25, 0.3) is 43.8 Å². The minimum atomic E-state index is 0.669. The molecule has 6 aromatic carbocycles. The predicted molar refractivity (Wildman–Crippen MR) is 156 cm³/mol. The molecule has 0 unspecified atom stereocenters. The number of rotatable bonds is 4. The van der Waals surface area contributed by atoms with Crippen LogP contribution >= 0.6 is 11.6 Å². The highest BCUT2D eigenvalue weighted by Crippen LogP contribution is 2.42. The van der Waals surface area contributed by atoms with E-state index in [1.165, 1.54) is 21.9 Å². The van der Waals surface area contributed by atoms with Gasteiger partial charge in [-0.05, 0) is 65.0 Å². The van der Waals surface area contributed by atoms with Crippen LogP contribution in [-0.4, -0.2) is 0 Å². The summed E-state index contributed by atoms with van der Waals surface area (Å²) in [6.45, 7) is 0. The Balaban J connectivity index is 1.44. The maximum Gasteiger partial charge on any atom is 0.136 e. The summed E-state index contributed by atoms with van der Waals surface area (Å²) in [5.74, 6) is 0. The van der Waals surface area contributed by atoms with E-state index in [0.29, 0.717) is 5.02 Å². The minimum absolute atomic E-state index is 0.669. The Morgan fingerprint density at radius 2 is 1.22 bits per heavy atom. The third kappa shape index (κ3) is 3.83. The molecule has 0 atom stereocenters. The van der Waals surface area contributed by atoms with Gasteiger partial charge in [0.1, 0.15) is 11.2 Å². The van der Waals surface area contributed by atoms with Crippen molar-refractivity contribution in [3.8, 4) is 11.1 Å². The maximum atomic E-state index is 6.23. The lowest BCUT2D eigenvalue weighted by molar-refractivity contribution is 0.669. The van der Waals surface area contributed by atoms with E-state index < -0.39 is 0 Å². The lowest BCUT2D eigenvalue weighted by Crippen LogP contribution is -2.10. The Morgan fingerprint density at radius 3 is 2.08 bits per heavy atom. The molecule has 0 saturated carbocycles. The minimum Gasteiger partial charge on any atom is -0.456 e. The Hall–Kier alpha value is -4.53. The van der Waals surface area contributed by atoms with Crippen LogP contribution in [0.2, 0.25) is 5.02 Å². The molecule has 0 aliphatic rings. The molecular weight excluding hydrogens is 474 g/mol. The summed E-state index contributed by atoms with van der Waals surface area (Å²) in [4.78, 5) is 2.32. The lowest BCUT2D eigenvalue weighted by Gasteiger charge is -2.27. The van der Waals surface area contributed by atoms with Gasteiger partial charge in [0.15, 0.2) is 0 Å². The van der Waals surface area contributed by atoms with E-state index in [1.807, 2.05) is 24.3 Å². The van der Waals surface area contributed by atoms with Crippen molar-refractivity contribution in [2.45, 2.75) is 0 Å². The molecule has 3 heteroatoms. The average molecular weight is 496 g/mol. The van der Waals surface area contributed by atoms with Gasteiger partial charge in [-0.1, -0.05) is 90.5 Å². The summed E-state index contributed by atoms with van der Waals surface area (Å²) >= 11 is 6.23. The van der Waals surface area contributed by atoms with Gasteiger partial charge in [-0.2, -0.15) is 0 Å². The largest absolute Gasteiger partial charge is 0.456 e. The molecule has 7 aromatic rings. The summed E-state index contributed by atoms with van der Waals surface area (Å²) in [6.07, 6.45) is 0. The quantitative estimate of drug-likeness (QED) is 0.241. The summed E-state index contributed by atoms with van der Waals surface area (Å²) in [6, 6.07) is 46.4. The summed E-state index contributed by atoms with van der Waals surface area (Å²) in [7, 11) is 0. The molecule has 0 saturated heterocycles. The van der Waals surface area contributed by atoms with Crippen molar-refractivity contribution in [3.63, 3.8) is 0 Å². The second-order valence-corrected chi connectivity index (χ2v) is 9.61. The van der Waals surface area contributed by atoms with Gasteiger partial charge < -0.3 is 9.32 Å². The summed E-state index contributed by atoms with van der Waals surface area (Å²) in [5, 5.41) is 5.19. The molecule has 1 aromatic heterocycles. The van der Waals surface area contributed by atoms with E-state index in [0.717, 1.165) is 39.0 Å². The molecule has 0 N–H and O–H groups in total.